The van der Waals surface area contributed by atoms with Gasteiger partial charge in [0.15, 0.2) is 6.61 Å². The van der Waals surface area contributed by atoms with Gasteiger partial charge in [-0.15, -0.1) is 0 Å². The first-order valence-corrected chi connectivity index (χ1v) is 10.3. The summed E-state index contributed by atoms with van der Waals surface area (Å²) in [6, 6.07) is 11.1. The van der Waals surface area contributed by atoms with E-state index in [-0.39, 0.29) is 23.3 Å². The fourth-order valence-corrected chi connectivity index (χ4v) is 3.49. The highest BCUT2D eigenvalue weighted by Crippen LogP contribution is 2.20. The highest BCUT2D eigenvalue weighted by Gasteiger charge is 2.14. The molecule has 0 aromatic heterocycles. The summed E-state index contributed by atoms with van der Waals surface area (Å²) in [5.74, 6) is 0.268. The van der Waals surface area contributed by atoms with Crippen LogP contribution in [-0.2, 0) is 14.8 Å². The molecule has 0 fully saturated rings. The van der Waals surface area contributed by atoms with Crippen LogP contribution in [-0.4, -0.2) is 27.5 Å². The second-order valence-electron chi connectivity index (χ2n) is 6.52. The monoisotopic (exact) mass is 410 g/mol. The number of benzene rings is 2. The van der Waals surface area contributed by atoms with Gasteiger partial charge in [0.1, 0.15) is 5.75 Å². The Kier molecular flexibility index (Phi) is 7.24. The van der Waals surface area contributed by atoms with Gasteiger partial charge in [-0.2, -0.15) is 0 Å². The van der Waals surface area contributed by atoms with E-state index < -0.39 is 10.0 Å². The van der Waals surface area contributed by atoms with Gasteiger partial charge in [-0.1, -0.05) is 31.5 Å². The molecule has 0 spiro atoms. The van der Waals surface area contributed by atoms with Gasteiger partial charge in [0.05, 0.1) is 4.90 Å². The Bertz CT molecular complexity index is 896. The van der Waals surface area contributed by atoms with Gasteiger partial charge in [-0.3, -0.25) is 4.79 Å². The van der Waals surface area contributed by atoms with Crippen LogP contribution in [0.3, 0.4) is 0 Å². The molecular weight excluding hydrogens is 388 g/mol. The Hall–Kier alpha value is -2.09. The van der Waals surface area contributed by atoms with Crippen molar-refractivity contribution in [2.75, 3.05) is 18.5 Å². The quantitative estimate of drug-likeness (QED) is 0.696. The number of ether oxygens (including phenoxy) is 1. The lowest BCUT2D eigenvalue weighted by molar-refractivity contribution is -0.118. The molecule has 0 atom stereocenters. The Balaban J connectivity index is 1.90. The van der Waals surface area contributed by atoms with Crippen molar-refractivity contribution in [2.45, 2.75) is 25.7 Å². The Morgan fingerprint density at radius 2 is 1.81 bits per heavy atom. The van der Waals surface area contributed by atoms with Crippen LogP contribution in [0, 0.1) is 12.8 Å². The van der Waals surface area contributed by atoms with Gasteiger partial charge in [0.2, 0.25) is 10.0 Å². The normalized spacial score (nSPS) is 11.4. The van der Waals surface area contributed by atoms with Crippen molar-refractivity contribution in [1.82, 2.24) is 4.72 Å². The second-order valence-corrected chi connectivity index (χ2v) is 8.69. The second kappa shape index (κ2) is 9.21. The van der Waals surface area contributed by atoms with Crippen LogP contribution < -0.4 is 14.8 Å². The van der Waals surface area contributed by atoms with Gasteiger partial charge >= 0.3 is 0 Å². The minimum Gasteiger partial charge on any atom is -0.484 e. The maximum Gasteiger partial charge on any atom is 0.262 e. The van der Waals surface area contributed by atoms with E-state index in [9.17, 15) is 13.2 Å². The maximum absolute atomic E-state index is 12.1. The molecule has 1 amide bonds. The smallest absolute Gasteiger partial charge is 0.262 e. The van der Waals surface area contributed by atoms with E-state index in [2.05, 4.69) is 10.0 Å². The number of carbonyl (C=O) groups excluding carboxylic acids is 1. The van der Waals surface area contributed by atoms with Crippen LogP contribution in [0.15, 0.2) is 47.4 Å². The first-order chi connectivity index (χ1) is 12.7. The Morgan fingerprint density at radius 1 is 1.15 bits per heavy atom. The number of hydrogen-bond acceptors (Lipinski definition) is 4. The van der Waals surface area contributed by atoms with E-state index in [1.807, 2.05) is 26.8 Å². The third-order valence-corrected chi connectivity index (χ3v) is 5.49. The fourth-order valence-electron chi connectivity index (χ4n) is 2.09. The van der Waals surface area contributed by atoms with Crippen LogP contribution >= 0.6 is 11.6 Å². The predicted octanol–water partition coefficient (Wildman–Crippen LogP) is 3.60. The lowest BCUT2D eigenvalue weighted by Crippen LogP contribution is -2.27. The SMILES string of the molecule is Cc1ccc(NC(=O)COc2ccc(S(=O)(=O)NCC(C)C)cc2)cc1Cl. The van der Waals surface area contributed by atoms with Crippen molar-refractivity contribution in [3.05, 3.63) is 53.1 Å². The molecule has 2 N–H and O–H groups in total. The lowest BCUT2D eigenvalue weighted by atomic mass is 10.2. The molecule has 2 aromatic rings. The molecule has 0 bridgehead atoms. The van der Waals surface area contributed by atoms with E-state index >= 15 is 0 Å². The predicted molar refractivity (Wildman–Crippen MR) is 107 cm³/mol. The van der Waals surface area contributed by atoms with Gasteiger partial charge in [0, 0.05) is 17.3 Å². The average Bonchev–Trinajstić information content (AvgIpc) is 2.62. The number of sulfonamides is 1. The third-order valence-electron chi connectivity index (χ3n) is 3.64. The number of carbonyl (C=O) groups is 1. The van der Waals surface area contributed by atoms with Crippen molar-refractivity contribution < 1.29 is 17.9 Å². The molecule has 2 aromatic carbocycles. The summed E-state index contributed by atoms with van der Waals surface area (Å²) in [5, 5.41) is 3.26. The number of nitrogens with one attached hydrogen (secondary N) is 2. The largest absolute Gasteiger partial charge is 0.484 e. The number of aryl methyl sites for hydroxylation is 1. The van der Waals surface area contributed by atoms with Crippen LogP contribution in [0.2, 0.25) is 5.02 Å². The van der Waals surface area contributed by atoms with Crippen molar-refractivity contribution in [3.8, 4) is 5.75 Å². The van der Waals surface area contributed by atoms with E-state index in [4.69, 9.17) is 16.3 Å². The summed E-state index contributed by atoms with van der Waals surface area (Å²) < 4.78 is 32.2. The van der Waals surface area contributed by atoms with Crippen LogP contribution in [0.4, 0.5) is 5.69 Å². The zero-order chi connectivity index (χ0) is 20.0. The number of halogens is 1. The molecule has 0 heterocycles. The minimum absolute atomic E-state index is 0.147. The van der Waals surface area contributed by atoms with E-state index in [1.165, 1.54) is 24.3 Å². The molecule has 6 nitrogen and oxygen atoms in total. The van der Waals surface area contributed by atoms with Gasteiger partial charge in [-0.05, 0) is 54.8 Å². The van der Waals surface area contributed by atoms with Gasteiger partial charge < -0.3 is 10.1 Å². The standard InChI is InChI=1S/C19H23ClN2O4S/c1-13(2)11-21-27(24,25)17-8-6-16(7-9-17)26-12-19(23)22-15-5-4-14(3)18(20)10-15/h4-10,13,21H,11-12H2,1-3H3,(H,22,23). The van der Waals surface area contributed by atoms with Crippen molar-refractivity contribution in [3.63, 3.8) is 0 Å². The summed E-state index contributed by atoms with van der Waals surface area (Å²) in [5.41, 5.74) is 1.50. The summed E-state index contributed by atoms with van der Waals surface area (Å²) in [6.07, 6.45) is 0. The first kappa shape index (κ1) is 21.2. The molecule has 146 valence electrons. The number of rotatable bonds is 8. The molecule has 0 saturated carbocycles. The van der Waals surface area contributed by atoms with E-state index in [0.717, 1.165) is 5.56 Å². The van der Waals surface area contributed by atoms with E-state index in [1.54, 1.807) is 12.1 Å². The van der Waals surface area contributed by atoms with Crippen molar-refractivity contribution >= 4 is 33.2 Å². The number of amides is 1. The topological polar surface area (TPSA) is 84.5 Å². The van der Waals surface area contributed by atoms with Gasteiger partial charge in [0.25, 0.3) is 5.91 Å². The zero-order valence-electron chi connectivity index (χ0n) is 15.5. The molecule has 2 rings (SSSR count). The summed E-state index contributed by atoms with van der Waals surface area (Å²) in [6.45, 7) is 5.89. The van der Waals surface area contributed by atoms with E-state index in [0.29, 0.717) is 23.0 Å². The fraction of sp³-hybridized carbons (Fsp3) is 0.316. The van der Waals surface area contributed by atoms with Crippen molar-refractivity contribution in [1.29, 1.82) is 0 Å². The molecule has 0 radical (unpaired) electrons. The zero-order valence-corrected chi connectivity index (χ0v) is 17.0. The molecule has 0 aliphatic carbocycles. The van der Waals surface area contributed by atoms with Crippen LogP contribution in [0.25, 0.3) is 0 Å². The molecule has 8 heteroatoms. The number of hydrogen-bond donors (Lipinski definition) is 2. The first-order valence-electron chi connectivity index (χ1n) is 8.46. The number of anilines is 1. The highest BCUT2D eigenvalue weighted by atomic mass is 35.5. The molecule has 0 saturated heterocycles. The summed E-state index contributed by atoms with van der Waals surface area (Å²) in [4.78, 5) is 12.1. The maximum atomic E-state index is 12.1. The molecule has 0 unspecified atom stereocenters. The lowest BCUT2D eigenvalue weighted by Gasteiger charge is -2.10. The minimum atomic E-state index is -3.55. The molecule has 0 aliphatic rings. The summed E-state index contributed by atoms with van der Waals surface area (Å²) >= 11 is 6.02. The van der Waals surface area contributed by atoms with Crippen LogP contribution in [0.1, 0.15) is 19.4 Å². The van der Waals surface area contributed by atoms with Crippen LogP contribution in [0.5, 0.6) is 5.75 Å². The summed E-state index contributed by atoms with van der Waals surface area (Å²) in [7, 11) is -3.55. The Labute approximate surface area is 164 Å². The third kappa shape index (κ3) is 6.53. The highest BCUT2D eigenvalue weighted by molar-refractivity contribution is 7.89. The molecular formula is C19H23ClN2O4S. The Morgan fingerprint density at radius 3 is 2.41 bits per heavy atom. The van der Waals surface area contributed by atoms with Crippen molar-refractivity contribution in [2.24, 2.45) is 5.92 Å². The molecule has 27 heavy (non-hydrogen) atoms. The van der Waals surface area contributed by atoms with Gasteiger partial charge in [-0.25, -0.2) is 13.1 Å². The molecule has 0 aliphatic heterocycles. The average molecular weight is 411 g/mol.